The second kappa shape index (κ2) is 2.92. The summed E-state index contributed by atoms with van der Waals surface area (Å²) in [7, 11) is 0. The maximum absolute atomic E-state index is 4.14. The molecule has 0 amide bonds. The van der Waals surface area contributed by atoms with Gasteiger partial charge in [-0.2, -0.15) is 5.10 Å². The van der Waals surface area contributed by atoms with Gasteiger partial charge in [-0.3, -0.25) is 9.99 Å². The average molecular weight is 165 g/mol. The molecule has 1 aliphatic rings. The Bertz CT molecular complexity index is 260. The summed E-state index contributed by atoms with van der Waals surface area (Å²) in [6.45, 7) is 0. The van der Waals surface area contributed by atoms with Gasteiger partial charge in [0.1, 0.15) is 0 Å². The fourth-order valence-electron chi connectivity index (χ4n) is 0.875. The summed E-state index contributed by atoms with van der Waals surface area (Å²) in [5.41, 5.74) is 2.89. The smallest absolute Gasteiger partial charge is 0.0927 e. The van der Waals surface area contributed by atoms with Crippen molar-refractivity contribution in [2.24, 2.45) is 5.10 Å². The van der Waals surface area contributed by atoms with E-state index >= 15 is 0 Å². The van der Waals surface area contributed by atoms with Crippen molar-refractivity contribution in [2.45, 2.75) is 0 Å². The number of hydrazone groups is 1. The Morgan fingerprint density at radius 3 is 3.18 bits per heavy atom. The number of thioether (sulfide) groups is 1. The van der Waals surface area contributed by atoms with E-state index < -0.39 is 0 Å². The monoisotopic (exact) mass is 165 g/mol. The van der Waals surface area contributed by atoms with Gasteiger partial charge in [-0.25, -0.2) is 0 Å². The first kappa shape index (κ1) is 6.67. The Hall–Kier alpha value is -1.03. The highest BCUT2D eigenvalue weighted by Gasteiger charge is 2.07. The molecule has 0 unspecified atom stereocenters. The molecule has 1 aliphatic heterocycles. The first-order valence-corrected chi connectivity index (χ1v) is 4.33. The molecule has 0 fully saturated rings. The zero-order valence-corrected chi connectivity index (χ0v) is 6.66. The van der Waals surface area contributed by atoms with Gasteiger partial charge < -0.3 is 0 Å². The first-order chi connectivity index (χ1) is 5.47. The van der Waals surface area contributed by atoms with Gasteiger partial charge in [0.25, 0.3) is 0 Å². The van der Waals surface area contributed by atoms with E-state index in [1.807, 2.05) is 28.9 Å². The Kier molecular flexibility index (Phi) is 1.77. The minimum Gasteiger partial charge on any atom is -0.262 e. The van der Waals surface area contributed by atoms with Crippen LogP contribution in [-0.4, -0.2) is 16.4 Å². The minimum absolute atomic E-state index is 0.895. The standard InChI is InChI=1S/C7H7N3S/c1-2-7(4-8-3-1)10-6-11-5-9-10/h1-5H,6H2. The van der Waals surface area contributed by atoms with Gasteiger partial charge in [-0.1, -0.05) is 11.8 Å². The molecule has 1 aromatic rings. The maximum Gasteiger partial charge on any atom is 0.0927 e. The lowest BCUT2D eigenvalue weighted by Gasteiger charge is -2.10. The molecule has 0 N–H and O–H groups in total. The van der Waals surface area contributed by atoms with Gasteiger partial charge in [-0.05, 0) is 12.1 Å². The third kappa shape index (κ3) is 1.35. The zero-order chi connectivity index (χ0) is 7.52. The predicted molar refractivity (Wildman–Crippen MR) is 47.7 cm³/mol. The summed E-state index contributed by atoms with van der Waals surface area (Å²) >= 11 is 1.68. The van der Waals surface area contributed by atoms with Crippen LogP contribution in [0.1, 0.15) is 0 Å². The largest absolute Gasteiger partial charge is 0.262 e. The Morgan fingerprint density at radius 2 is 2.55 bits per heavy atom. The second-order valence-corrected chi connectivity index (χ2v) is 2.93. The summed E-state index contributed by atoms with van der Waals surface area (Å²) in [5, 5.41) is 6.05. The molecule has 0 atom stereocenters. The molecular weight excluding hydrogens is 158 g/mol. The first-order valence-electron chi connectivity index (χ1n) is 3.28. The van der Waals surface area contributed by atoms with Crippen molar-refractivity contribution in [1.82, 2.24) is 4.98 Å². The quantitative estimate of drug-likeness (QED) is 0.632. The van der Waals surface area contributed by atoms with Crippen molar-refractivity contribution < 1.29 is 0 Å². The number of anilines is 1. The van der Waals surface area contributed by atoms with Crippen LogP contribution in [-0.2, 0) is 0 Å². The van der Waals surface area contributed by atoms with E-state index in [0.717, 1.165) is 11.6 Å². The Labute approximate surface area is 69.1 Å². The molecule has 0 aliphatic carbocycles. The topological polar surface area (TPSA) is 28.5 Å². The molecule has 0 saturated heterocycles. The summed E-state index contributed by atoms with van der Waals surface area (Å²) in [5.74, 6) is 0.895. The lowest BCUT2D eigenvalue weighted by atomic mass is 10.4. The third-order valence-corrected chi connectivity index (χ3v) is 2.04. The van der Waals surface area contributed by atoms with Crippen molar-refractivity contribution in [3.63, 3.8) is 0 Å². The van der Waals surface area contributed by atoms with Crippen LogP contribution >= 0.6 is 11.8 Å². The van der Waals surface area contributed by atoms with E-state index in [-0.39, 0.29) is 0 Å². The highest BCUT2D eigenvalue weighted by atomic mass is 32.2. The van der Waals surface area contributed by atoms with Crippen molar-refractivity contribution in [1.29, 1.82) is 0 Å². The van der Waals surface area contributed by atoms with Crippen LogP contribution in [0, 0.1) is 0 Å². The van der Waals surface area contributed by atoms with Crippen LogP contribution in [0.5, 0.6) is 0 Å². The fourth-order valence-corrected chi connectivity index (χ4v) is 1.48. The number of aromatic nitrogens is 1. The van der Waals surface area contributed by atoms with Crippen molar-refractivity contribution >= 4 is 23.0 Å². The zero-order valence-electron chi connectivity index (χ0n) is 5.84. The van der Waals surface area contributed by atoms with Crippen LogP contribution in [0.3, 0.4) is 0 Å². The van der Waals surface area contributed by atoms with Gasteiger partial charge in [-0.15, -0.1) is 0 Å². The van der Waals surface area contributed by atoms with Crippen molar-refractivity contribution in [3.05, 3.63) is 24.5 Å². The molecule has 3 nitrogen and oxygen atoms in total. The van der Waals surface area contributed by atoms with Crippen LogP contribution in [0.4, 0.5) is 5.69 Å². The van der Waals surface area contributed by atoms with E-state index in [2.05, 4.69) is 10.1 Å². The molecular formula is C7H7N3S. The highest BCUT2D eigenvalue weighted by Crippen LogP contribution is 2.18. The molecule has 11 heavy (non-hydrogen) atoms. The molecule has 0 saturated carbocycles. The van der Waals surface area contributed by atoms with Crippen LogP contribution in [0.25, 0.3) is 0 Å². The van der Waals surface area contributed by atoms with Crippen LogP contribution in [0.2, 0.25) is 0 Å². The summed E-state index contributed by atoms with van der Waals surface area (Å²) < 4.78 is 0. The van der Waals surface area contributed by atoms with E-state index in [1.54, 1.807) is 18.0 Å². The number of hydrogen-bond donors (Lipinski definition) is 0. The van der Waals surface area contributed by atoms with Crippen molar-refractivity contribution in [2.75, 3.05) is 10.9 Å². The van der Waals surface area contributed by atoms with Gasteiger partial charge in [0, 0.05) is 6.20 Å². The lowest BCUT2D eigenvalue weighted by molar-refractivity contribution is 1.00. The Morgan fingerprint density at radius 1 is 1.55 bits per heavy atom. The predicted octanol–water partition coefficient (Wildman–Crippen LogP) is 1.54. The molecule has 0 bridgehead atoms. The van der Waals surface area contributed by atoms with E-state index in [0.29, 0.717) is 0 Å². The SMILES string of the molecule is C1=NN(c2cccnc2)CS1. The molecule has 56 valence electrons. The molecule has 2 rings (SSSR count). The van der Waals surface area contributed by atoms with Crippen LogP contribution < -0.4 is 5.01 Å². The van der Waals surface area contributed by atoms with E-state index in [1.165, 1.54) is 0 Å². The van der Waals surface area contributed by atoms with Crippen molar-refractivity contribution in [3.8, 4) is 0 Å². The van der Waals surface area contributed by atoms with Gasteiger partial charge in [0.2, 0.25) is 0 Å². The van der Waals surface area contributed by atoms with Gasteiger partial charge in [0.05, 0.1) is 23.3 Å². The highest BCUT2D eigenvalue weighted by molar-refractivity contribution is 8.12. The summed E-state index contributed by atoms with van der Waals surface area (Å²) in [6.07, 6.45) is 3.57. The molecule has 2 heterocycles. The minimum atomic E-state index is 0.895. The number of rotatable bonds is 1. The van der Waals surface area contributed by atoms with Gasteiger partial charge >= 0.3 is 0 Å². The lowest BCUT2D eigenvalue weighted by Crippen LogP contribution is -2.10. The Balaban J connectivity index is 2.23. The maximum atomic E-state index is 4.14. The van der Waals surface area contributed by atoms with E-state index in [9.17, 15) is 0 Å². The summed E-state index contributed by atoms with van der Waals surface area (Å²) in [6, 6.07) is 3.91. The number of pyridine rings is 1. The molecule has 0 spiro atoms. The van der Waals surface area contributed by atoms with Crippen LogP contribution in [0.15, 0.2) is 29.6 Å². The van der Waals surface area contributed by atoms with E-state index in [4.69, 9.17) is 0 Å². The molecule has 1 aromatic heterocycles. The third-order valence-electron chi connectivity index (χ3n) is 1.40. The average Bonchev–Trinajstić information content (AvgIpc) is 2.58. The number of nitrogens with zero attached hydrogens (tertiary/aromatic N) is 3. The second-order valence-electron chi connectivity index (χ2n) is 2.13. The molecule has 0 aromatic carbocycles. The molecule has 4 heteroatoms. The number of hydrogen-bond acceptors (Lipinski definition) is 4. The normalized spacial score (nSPS) is 15.8. The molecule has 0 radical (unpaired) electrons. The van der Waals surface area contributed by atoms with Gasteiger partial charge in [0.15, 0.2) is 0 Å². The summed E-state index contributed by atoms with van der Waals surface area (Å²) in [4.78, 5) is 4.00. The fraction of sp³-hybridized carbons (Fsp3) is 0.143.